The number of rotatable bonds is 1. The molecule has 2 atom stereocenters. The van der Waals surface area contributed by atoms with Crippen molar-refractivity contribution < 1.29 is 4.74 Å². The van der Waals surface area contributed by atoms with Gasteiger partial charge in [-0.3, -0.25) is 0 Å². The molecule has 2 nitrogen and oxygen atoms in total. The number of hydrogen-bond donors (Lipinski definition) is 0. The average Bonchev–Trinajstić information content (AvgIpc) is 1.85. The van der Waals surface area contributed by atoms with Gasteiger partial charge in [0.15, 0.2) is 0 Å². The number of likely N-dealkylation sites (tertiary alicyclic amines) is 1. The molecule has 0 spiro atoms. The largest absolute Gasteiger partial charge is 0.381 e. The molecule has 1 aliphatic rings. The summed E-state index contributed by atoms with van der Waals surface area (Å²) in [6.45, 7) is 6.87. The second-order valence-corrected chi connectivity index (χ2v) is 3.88. The quantitative estimate of drug-likeness (QED) is 0.567. The Morgan fingerprint density at radius 1 is 1.18 bits per heavy atom. The van der Waals surface area contributed by atoms with Gasteiger partial charge in [0.05, 0.1) is 6.10 Å². The highest BCUT2D eigenvalue weighted by atomic mass is 16.5. The lowest BCUT2D eigenvalue weighted by atomic mass is 9.88. The van der Waals surface area contributed by atoms with E-state index in [0.29, 0.717) is 17.9 Å². The van der Waals surface area contributed by atoms with Gasteiger partial charge >= 0.3 is 0 Å². The van der Waals surface area contributed by atoms with Crippen LogP contribution in [0.25, 0.3) is 0 Å². The molecular weight excluding hydrogens is 138 g/mol. The molecule has 1 saturated heterocycles. The second-order valence-electron chi connectivity index (χ2n) is 3.88. The number of methoxy groups -OCH3 is 1. The van der Waals surface area contributed by atoms with E-state index in [0.717, 1.165) is 0 Å². The minimum absolute atomic E-state index is 0.464. The highest BCUT2D eigenvalue weighted by Crippen LogP contribution is 2.22. The van der Waals surface area contributed by atoms with Crippen molar-refractivity contribution in [2.24, 2.45) is 11.8 Å². The number of ether oxygens (including phenoxy) is 1. The number of nitrogens with zero attached hydrogens (tertiary/aromatic N) is 1. The molecule has 2 heteroatoms. The van der Waals surface area contributed by atoms with Crippen LogP contribution in [-0.2, 0) is 4.74 Å². The molecule has 0 N–H and O–H groups in total. The highest BCUT2D eigenvalue weighted by Gasteiger charge is 2.29. The summed E-state index contributed by atoms with van der Waals surface area (Å²) in [6.07, 6.45) is 0.464. The molecule has 0 aromatic carbocycles. The summed E-state index contributed by atoms with van der Waals surface area (Å²) in [7, 11) is 4.00. The molecule has 11 heavy (non-hydrogen) atoms. The Morgan fingerprint density at radius 2 is 1.64 bits per heavy atom. The van der Waals surface area contributed by atoms with Gasteiger partial charge in [0.2, 0.25) is 0 Å². The summed E-state index contributed by atoms with van der Waals surface area (Å²) in [6, 6.07) is 0. The zero-order chi connectivity index (χ0) is 8.43. The molecule has 1 heterocycles. The van der Waals surface area contributed by atoms with Crippen LogP contribution in [0.2, 0.25) is 0 Å². The fourth-order valence-corrected chi connectivity index (χ4v) is 2.29. The molecule has 0 aromatic rings. The Hall–Kier alpha value is -0.0800. The Morgan fingerprint density at radius 3 is 2.00 bits per heavy atom. The molecule has 66 valence electrons. The van der Waals surface area contributed by atoms with Crippen molar-refractivity contribution in [3.8, 4) is 0 Å². The van der Waals surface area contributed by atoms with E-state index in [-0.39, 0.29) is 0 Å². The number of hydrogen-bond acceptors (Lipinski definition) is 2. The van der Waals surface area contributed by atoms with Crippen LogP contribution in [-0.4, -0.2) is 38.3 Å². The highest BCUT2D eigenvalue weighted by molar-refractivity contribution is 4.81. The third-order valence-electron chi connectivity index (χ3n) is 2.59. The Kier molecular flexibility index (Phi) is 2.90. The van der Waals surface area contributed by atoms with Crippen LogP contribution in [0.15, 0.2) is 0 Å². The van der Waals surface area contributed by atoms with Gasteiger partial charge < -0.3 is 9.64 Å². The zero-order valence-electron chi connectivity index (χ0n) is 8.00. The van der Waals surface area contributed by atoms with Crippen LogP contribution >= 0.6 is 0 Å². The van der Waals surface area contributed by atoms with Crippen LogP contribution in [0.1, 0.15) is 13.8 Å². The zero-order valence-corrected chi connectivity index (χ0v) is 8.00. The standard InChI is InChI=1S/C9H19NO/c1-7-5-10(3)6-8(2)9(7)11-4/h7-9H,5-6H2,1-4H3. The predicted molar refractivity (Wildman–Crippen MR) is 46.6 cm³/mol. The fraction of sp³-hybridized carbons (Fsp3) is 1.00. The lowest BCUT2D eigenvalue weighted by molar-refractivity contribution is -0.0307. The van der Waals surface area contributed by atoms with Crippen molar-refractivity contribution in [1.29, 1.82) is 0 Å². The molecule has 2 unspecified atom stereocenters. The summed E-state index contributed by atoms with van der Waals surface area (Å²) in [5.41, 5.74) is 0. The van der Waals surface area contributed by atoms with Gasteiger partial charge in [-0.05, 0) is 18.9 Å². The van der Waals surface area contributed by atoms with Gasteiger partial charge in [-0.25, -0.2) is 0 Å². The first-order valence-electron chi connectivity index (χ1n) is 4.36. The van der Waals surface area contributed by atoms with Crippen LogP contribution in [0.3, 0.4) is 0 Å². The van der Waals surface area contributed by atoms with E-state index in [1.165, 1.54) is 13.1 Å². The van der Waals surface area contributed by atoms with Gasteiger partial charge in [0, 0.05) is 20.2 Å². The third-order valence-corrected chi connectivity index (χ3v) is 2.59. The minimum atomic E-state index is 0.464. The Balaban J connectivity index is 2.52. The van der Waals surface area contributed by atoms with Crippen LogP contribution in [0.4, 0.5) is 0 Å². The smallest absolute Gasteiger partial charge is 0.0646 e. The van der Waals surface area contributed by atoms with E-state index in [9.17, 15) is 0 Å². The van der Waals surface area contributed by atoms with Crippen molar-refractivity contribution >= 4 is 0 Å². The van der Waals surface area contributed by atoms with E-state index < -0.39 is 0 Å². The molecule has 0 amide bonds. The first kappa shape index (κ1) is 9.01. The molecule has 0 radical (unpaired) electrons. The van der Waals surface area contributed by atoms with Gasteiger partial charge in [0.25, 0.3) is 0 Å². The van der Waals surface area contributed by atoms with Crippen molar-refractivity contribution in [3.63, 3.8) is 0 Å². The molecule has 1 rings (SSSR count). The summed E-state index contributed by atoms with van der Waals surface area (Å²) >= 11 is 0. The van der Waals surface area contributed by atoms with Crippen molar-refractivity contribution in [3.05, 3.63) is 0 Å². The normalized spacial score (nSPS) is 40.9. The third kappa shape index (κ3) is 1.94. The first-order chi connectivity index (χ1) is 5.15. The minimum Gasteiger partial charge on any atom is -0.381 e. The topological polar surface area (TPSA) is 12.5 Å². The summed E-state index contributed by atoms with van der Waals surface area (Å²) < 4.78 is 5.44. The molecule has 0 aromatic heterocycles. The van der Waals surface area contributed by atoms with Crippen molar-refractivity contribution in [2.45, 2.75) is 20.0 Å². The molecule has 1 fully saturated rings. The monoisotopic (exact) mass is 157 g/mol. The van der Waals surface area contributed by atoms with Crippen molar-refractivity contribution in [1.82, 2.24) is 4.90 Å². The molecule has 0 saturated carbocycles. The SMILES string of the molecule is COC1C(C)CN(C)CC1C. The van der Waals surface area contributed by atoms with Gasteiger partial charge in [-0.2, -0.15) is 0 Å². The summed E-state index contributed by atoms with van der Waals surface area (Å²) in [4.78, 5) is 2.38. The maximum absolute atomic E-state index is 5.44. The van der Waals surface area contributed by atoms with Crippen LogP contribution in [0, 0.1) is 11.8 Å². The lowest BCUT2D eigenvalue weighted by Gasteiger charge is -2.38. The maximum atomic E-state index is 5.44. The fourth-order valence-electron chi connectivity index (χ4n) is 2.29. The Bertz CT molecular complexity index is 115. The van der Waals surface area contributed by atoms with Crippen LogP contribution < -0.4 is 0 Å². The Labute approximate surface area is 69.5 Å². The maximum Gasteiger partial charge on any atom is 0.0646 e. The molecular formula is C9H19NO. The lowest BCUT2D eigenvalue weighted by Crippen LogP contribution is -2.46. The summed E-state index contributed by atoms with van der Waals surface area (Å²) in [5, 5.41) is 0. The second kappa shape index (κ2) is 3.55. The predicted octanol–water partition coefficient (Wildman–Crippen LogP) is 1.22. The molecule has 0 aliphatic carbocycles. The molecule has 0 bridgehead atoms. The van der Waals surface area contributed by atoms with Crippen molar-refractivity contribution in [2.75, 3.05) is 27.2 Å². The van der Waals surface area contributed by atoms with E-state index in [1.54, 1.807) is 0 Å². The van der Waals surface area contributed by atoms with E-state index in [4.69, 9.17) is 4.74 Å². The van der Waals surface area contributed by atoms with E-state index in [1.807, 2.05) is 7.11 Å². The first-order valence-corrected chi connectivity index (χ1v) is 4.36. The van der Waals surface area contributed by atoms with Gasteiger partial charge in [-0.1, -0.05) is 13.8 Å². The summed E-state index contributed by atoms with van der Waals surface area (Å²) in [5.74, 6) is 1.35. The average molecular weight is 157 g/mol. The van der Waals surface area contributed by atoms with Gasteiger partial charge in [-0.15, -0.1) is 0 Å². The van der Waals surface area contributed by atoms with E-state index >= 15 is 0 Å². The number of piperidine rings is 1. The van der Waals surface area contributed by atoms with E-state index in [2.05, 4.69) is 25.8 Å². The van der Waals surface area contributed by atoms with Gasteiger partial charge in [0.1, 0.15) is 0 Å². The molecule has 1 aliphatic heterocycles. The van der Waals surface area contributed by atoms with Crippen LogP contribution in [0.5, 0.6) is 0 Å².